The third-order valence-electron chi connectivity index (χ3n) is 3.16. The average Bonchev–Trinajstić information content (AvgIpc) is 2.76. The Morgan fingerprint density at radius 1 is 1.28 bits per heavy atom. The molecule has 0 radical (unpaired) electrons. The van der Waals surface area contributed by atoms with Crippen molar-refractivity contribution in [3.63, 3.8) is 0 Å². The van der Waals surface area contributed by atoms with Crippen molar-refractivity contribution in [3.05, 3.63) is 28.7 Å². The number of nitrogens with one attached hydrogen (secondary N) is 1. The molecule has 2 unspecified atom stereocenters. The van der Waals surface area contributed by atoms with Gasteiger partial charge in [0.2, 0.25) is 10.0 Å². The molecule has 1 fully saturated rings. The number of halogens is 1. The second-order valence-electron chi connectivity index (χ2n) is 4.44. The van der Waals surface area contributed by atoms with Crippen molar-refractivity contribution in [1.29, 1.82) is 0 Å². The van der Waals surface area contributed by atoms with Gasteiger partial charge in [-0.3, -0.25) is 0 Å². The zero-order valence-corrected chi connectivity index (χ0v) is 12.5. The topological polar surface area (TPSA) is 55.4 Å². The maximum absolute atomic E-state index is 12.1. The van der Waals surface area contributed by atoms with Crippen LogP contribution in [0.3, 0.4) is 0 Å². The minimum Gasteiger partial charge on any atom is -0.381 e. The zero-order chi connectivity index (χ0) is 13.2. The van der Waals surface area contributed by atoms with Crippen molar-refractivity contribution >= 4 is 26.0 Å². The number of ether oxygens (including phenoxy) is 1. The van der Waals surface area contributed by atoms with Gasteiger partial charge >= 0.3 is 0 Å². The molecule has 1 aliphatic rings. The van der Waals surface area contributed by atoms with E-state index in [9.17, 15) is 8.42 Å². The van der Waals surface area contributed by atoms with Crippen LogP contribution >= 0.6 is 15.9 Å². The highest BCUT2D eigenvalue weighted by Gasteiger charge is 2.28. The minimum absolute atomic E-state index is 0.0244. The van der Waals surface area contributed by atoms with Crippen LogP contribution in [0.25, 0.3) is 0 Å². The summed E-state index contributed by atoms with van der Waals surface area (Å²) >= 11 is 3.29. The van der Waals surface area contributed by atoms with Crippen LogP contribution in [-0.2, 0) is 14.8 Å². The molecule has 1 saturated carbocycles. The molecule has 6 heteroatoms. The van der Waals surface area contributed by atoms with Gasteiger partial charge in [0.25, 0.3) is 0 Å². The van der Waals surface area contributed by atoms with E-state index in [0.717, 1.165) is 23.7 Å². The number of sulfonamides is 1. The van der Waals surface area contributed by atoms with E-state index < -0.39 is 10.0 Å². The van der Waals surface area contributed by atoms with Crippen LogP contribution in [-0.4, -0.2) is 27.7 Å². The summed E-state index contributed by atoms with van der Waals surface area (Å²) in [6.45, 7) is 0. The lowest BCUT2D eigenvalue weighted by Crippen LogP contribution is -2.33. The molecule has 18 heavy (non-hydrogen) atoms. The Morgan fingerprint density at radius 3 is 2.50 bits per heavy atom. The highest BCUT2D eigenvalue weighted by atomic mass is 79.9. The molecule has 0 aliphatic heterocycles. The molecule has 0 heterocycles. The van der Waals surface area contributed by atoms with E-state index in [1.807, 2.05) is 0 Å². The largest absolute Gasteiger partial charge is 0.381 e. The lowest BCUT2D eigenvalue weighted by molar-refractivity contribution is 0.107. The highest BCUT2D eigenvalue weighted by Crippen LogP contribution is 2.23. The van der Waals surface area contributed by atoms with E-state index in [4.69, 9.17) is 4.74 Å². The van der Waals surface area contributed by atoms with Gasteiger partial charge in [0, 0.05) is 17.6 Å². The van der Waals surface area contributed by atoms with E-state index in [0.29, 0.717) is 4.90 Å². The number of rotatable bonds is 4. The molecule has 0 spiro atoms. The molecular weight excluding hydrogens is 318 g/mol. The Kier molecular flexibility index (Phi) is 4.42. The van der Waals surface area contributed by atoms with Crippen LogP contribution < -0.4 is 4.72 Å². The maximum Gasteiger partial charge on any atom is 0.240 e. The molecule has 2 rings (SSSR count). The van der Waals surface area contributed by atoms with Crippen LogP contribution in [0.1, 0.15) is 19.3 Å². The Morgan fingerprint density at radius 2 is 1.94 bits per heavy atom. The first-order valence-corrected chi connectivity index (χ1v) is 8.09. The van der Waals surface area contributed by atoms with E-state index in [1.165, 1.54) is 0 Å². The Hall–Kier alpha value is -0.430. The predicted molar refractivity (Wildman–Crippen MR) is 72.9 cm³/mol. The number of hydrogen-bond acceptors (Lipinski definition) is 3. The first kappa shape index (κ1) is 14.0. The lowest BCUT2D eigenvalue weighted by Gasteiger charge is -2.13. The number of hydrogen-bond donors (Lipinski definition) is 1. The monoisotopic (exact) mass is 333 g/mol. The second-order valence-corrected chi connectivity index (χ2v) is 7.07. The standard InChI is InChI=1S/C12H16BrNO3S/c1-17-11-5-4-10(8-11)14-18(15,16)12-6-2-9(13)3-7-12/h2-3,6-7,10-11,14H,4-5,8H2,1H3. The fourth-order valence-electron chi connectivity index (χ4n) is 2.16. The molecule has 0 amide bonds. The fourth-order valence-corrected chi connectivity index (χ4v) is 3.71. The summed E-state index contributed by atoms with van der Waals surface area (Å²) < 4.78 is 33.1. The molecule has 100 valence electrons. The SMILES string of the molecule is COC1CCC(NS(=O)(=O)c2ccc(Br)cc2)C1. The average molecular weight is 334 g/mol. The summed E-state index contributed by atoms with van der Waals surface area (Å²) in [5.41, 5.74) is 0. The molecule has 1 N–H and O–H groups in total. The van der Waals surface area contributed by atoms with Gasteiger partial charge in [0.15, 0.2) is 0 Å². The minimum atomic E-state index is -3.42. The summed E-state index contributed by atoms with van der Waals surface area (Å²) in [4.78, 5) is 0.298. The first-order valence-electron chi connectivity index (χ1n) is 5.82. The molecule has 0 bridgehead atoms. The molecule has 0 saturated heterocycles. The van der Waals surface area contributed by atoms with Gasteiger partial charge in [-0.15, -0.1) is 0 Å². The molecule has 1 aromatic rings. The van der Waals surface area contributed by atoms with E-state index >= 15 is 0 Å². The van der Waals surface area contributed by atoms with Crippen molar-refractivity contribution in [1.82, 2.24) is 4.72 Å². The Bertz CT molecular complexity index is 501. The van der Waals surface area contributed by atoms with Gasteiger partial charge in [-0.25, -0.2) is 13.1 Å². The van der Waals surface area contributed by atoms with Crippen molar-refractivity contribution in [2.24, 2.45) is 0 Å². The van der Waals surface area contributed by atoms with Crippen LogP contribution in [0.5, 0.6) is 0 Å². The van der Waals surface area contributed by atoms with Crippen LogP contribution in [0.4, 0.5) is 0 Å². The summed E-state index contributed by atoms with van der Waals surface area (Å²) in [7, 11) is -1.76. The first-order chi connectivity index (χ1) is 8.51. The normalized spacial score (nSPS) is 24.3. The third-order valence-corrected chi connectivity index (χ3v) is 5.23. The maximum atomic E-state index is 12.1. The molecule has 0 aromatic heterocycles. The number of benzene rings is 1. The van der Waals surface area contributed by atoms with Crippen molar-refractivity contribution < 1.29 is 13.2 Å². The van der Waals surface area contributed by atoms with Gasteiger partial charge in [-0.05, 0) is 43.5 Å². The van der Waals surface area contributed by atoms with Crippen molar-refractivity contribution in [3.8, 4) is 0 Å². The second kappa shape index (κ2) is 5.69. The molecule has 4 nitrogen and oxygen atoms in total. The molecule has 1 aromatic carbocycles. The quantitative estimate of drug-likeness (QED) is 0.919. The van der Waals surface area contributed by atoms with Crippen molar-refractivity contribution in [2.75, 3.05) is 7.11 Å². The summed E-state index contributed by atoms with van der Waals surface area (Å²) in [5, 5.41) is 0. The van der Waals surface area contributed by atoms with Gasteiger partial charge in [-0.2, -0.15) is 0 Å². The summed E-state index contributed by atoms with van der Waals surface area (Å²) in [5.74, 6) is 0. The molecule has 2 atom stereocenters. The molecule has 1 aliphatic carbocycles. The Balaban J connectivity index is 2.06. The van der Waals surface area contributed by atoms with Crippen LogP contribution in [0.15, 0.2) is 33.6 Å². The van der Waals surface area contributed by atoms with Crippen LogP contribution in [0, 0.1) is 0 Å². The number of methoxy groups -OCH3 is 1. The van der Waals surface area contributed by atoms with E-state index in [2.05, 4.69) is 20.7 Å². The third kappa shape index (κ3) is 3.32. The summed E-state index contributed by atoms with van der Waals surface area (Å²) in [6.07, 6.45) is 2.65. The predicted octanol–water partition coefficient (Wildman–Crippen LogP) is 2.29. The van der Waals surface area contributed by atoms with Gasteiger partial charge in [-0.1, -0.05) is 15.9 Å². The highest BCUT2D eigenvalue weighted by molar-refractivity contribution is 9.10. The lowest BCUT2D eigenvalue weighted by atomic mass is 10.3. The zero-order valence-electron chi connectivity index (χ0n) is 10.1. The smallest absolute Gasteiger partial charge is 0.240 e. The fraction of sp³-hybridized carbons (Fsp3) is 0.500. The van der Waals surface area contributed by atoms with Gasteiger partial charge < -0.3 is 4.74 Å². The molecular formula is C12H16BrNO3S. The van der Waals surface area contributed by atoms with E-state index in [1.54, 1.807) is 31.4 Å². The van der Waals surface area contributed by atoms with Crippen LogP contribution in [0.2, 0.25) is 0 Å². The Labute approximate surface area is 116 Å². The van der Waals surface area contributed by atoms with Gasteiger partial charge in [0.1, 0.15) is 0 Å². The van der Waals surface area contributed by atoms with E-state index in [-0.39, 0.29) is 12.1 Å². The summed E-state index contributed by atoms with van der Waals surface area (Å²) in [6, 6.07) is 6.61. The van der Waals surface area contributed by atoms with Gasteiger partial charge in [0.05, 0.1) is 11.0 Å². The van der Waals surface area contributed by atoms with Crippen molar-refractivity contribution in [2.45, 2.75) is 36.3 Å².